The highest BCUT2D eigenvalue weighted by Gasteiger charge is 2.11. The van der Waals surface area contributed by atoms with Gasteiger partial charge in [-0.25, -0.2) is 0 Å². The fourth-order valence-electron chi connectivity index (χ4n) is 1.41. The molecule has 1 aromatic rings. The van der Waals surface area contributed by atoms with Crippen molar-refractivity contribution in [3.8, 4) is 0 Å². The zero-order chi connectivity index (χ0) is 12.8. The van der Waals surface area contributed by atoms with Crippen LogP contribution in [0.4, 0.5) is 5.69 Å². The van der Waals surface area contributed by atoms with E-state index in [0.717, 1.165) is 11.3 Å². The molecule has 92 valence electrons. The topological polar surface area (TPSA) is 70.2 Å². The Kier molecular flexibility index (Phi) is 4.51. The van der Waals surface area contributed by atoms with Crippen molar-refractivity contribution in [2.24, 2.45) is 0 Å². The van der Waals surface area contributed by atoms with Gasteiger partial charge in [0.15, 0.2) is 0 Å². The normalized spacial score (nSPS) is 9.59. The van der Waals surface area contributed by atoms with Crippen LogP contribution in [0.2, 0.25) is 0 Å². The number of likely N-dealkylation sites (N-methyl/N-ethyl adjacent to an activating group) is 1. The van der Waals surface area contributed by atoms with Crippen molar-refractivity contribution in [3.05, 3.63) is 29.3 Å². The van der Waals surface area contributed by atoms with Crippen molar-refractivity contribution in [1.29, 1.82) is 0 Å². The van der Waals surface area contributed by atoms with Gasteiger partial charge in [-0.3, -0.25) is 9.59 Å². The molecule has 0 aliphatic heterocycles. The van der Waals surface area contributed by atoms with Crippen LogP contribution in [0.25, 0.3) is 0 Å². The standard InChI is InChI=1S/C12H17N3O2/c1-8-4-5-10(13-2)9(6-8)12(17)15-7-11(16)14-3/h4-6,13H,7H2,1-3H3,(H,14,16)(H,15,17). The average molecular weight is 235 g/mol. The summed E-state index contributed by atoms with van der Waals surface area (Å²) in [6.45, 7) is 1.89. The molecule has 0 aromatic heterocycles. The predicted molar refractivity (Wildman–Crippen MR) is 67.1 cm³/mol. The molecule has 0 unspecified atom stereocenters. The number of rotatable bonds is 4. The second-order valence-corrected chi connectivity index (χ2v) is 3.65. The van der Waals surface area contributed by atoms with Crippen LogP contribution < -0.4 is 16.0 Å². The fraction of sp³-hybridized carbons (Fsp3) is 0.333. The minimum Gasteiger partial charge on any atom is -0.387 e. The lowest BCUT2D eigenvalue weighted by Gasteiger charge is -2.10. The first kappa shape index (κ1) is 13.0. The minimum absolute atomic E-state index is 0.0214. The molecular weight excluding hydrogens is 218 g/mol. The molecule has 0 heterocycles. The second-order valence-electron chi connectivity index (χ2n) is 3.65. The summed E-state index contributed by atoms with van der Waals surface area (Å²) in [6, 6.07) is 5.54. The molecule has 2 amide bonds. The third kappa shape index (κ3) is 3.48. The first-order valence-corrected chi connectivity index (χ1v) is 5.35. The van der Waals surface area contributed by atoms with E-state index in [1.807, 2.05) is 19.1 Å². The third-order valence-corrected chi connectivity index (χ3v) is 2.38. The second kappa shape index (κ2) is 5.89. The molecule has 0 aliphatic carbocycles. The van der Waals surface area contributed by atoms with E-state index in [0.29, 0.717) is 5.56 Å². The molecule has 0 atom stereocenters. The van der Waals surface area contributed by atoms with Crippen LogP contribution in [0.3, 0.4) is 0 Å². The Balaban J connectivity index is 2.80. The number of nitrogens with one attached hydrogen (secondary N) is 3. The summed E-state index contributed by atoms with van der Waals surface area (Å²) in [4.78, 5) is 22.9. The number of carbonyl (C=O) groups is 2. The Morgan fingerprint density at radius 2 is 1.94 bits per heavy atom. The summed E-state index contributed by atoms with van der Waals surface area (Å²) >= 11 is 0. The predicted octanol–water partition coefficient (Wildman–Crippen LogP) is 0.513. The van der Waals surface area contributed by atoms with Gasteiger partial charge in [0.2, 0.25) is 5.91 Å². The molecule has 5 heteroatoms. The lowest BCUT2D eigenvalue weighted by atomic mass is 10.1. The van der Waals surface area contributed by atoms with Crippen LogP contribution in [0.15, 0.2) is 18.2 Å². The molecule has 5 nitrogen and oxygen atoms in total. The summed E-state index contributed by atoms with van der Waals surface area (Å²) in [5.41, 5.74) is 2.27. The molecule has 0 radical (unpaired) electrons. The number of carbonyl (C=O) groups excluding carboxylic acids is 2. The molecule has 1 rings (SSSR count). The van der Waals surface area contributed by atoms with Gasteiger partial charge < -0.3 is 16.0 Å². The zero-order valence-electron chi connectivity index (χ0n) is 10.3. The molecule has 0 saturated heterocycles. The van der Waals surface area contributed by atoms with Gasteiger partial charge in [-0.1, -0.05) is 11.6 Å². The summed E-state index contributed by atoms with van der Waals surface area (Å²) in [7, 11) is 3.28. The lowest BCUT2D eigenvalue weighted by molar-refractivity contribution is -0.119. The van der Waals surface area contributed by atoms with Crippen molar-refractivity contribution in [1.82, 2.24) is 10.6 Å². The van der Waals surface area contributed by atoms with Crippen molar-refractivity contribution >= 4 is 17.5 Å². The highest BCUT2D eigenvalue weighted by molar-refractivity contribution is 6.01. The average Bonchev–Trinajstić information content (AvgIpc) is 2.35. The largest absolute Gasteiger partial charge is 0.387 e. The number of aryl methyl sites for hydroxylation is 1. The smallest absolute Gasteiger partial charge is 0.253 e. The van der Waals surface area contributed by atoms with Crippen LogP contribution in [0.1, 0.15) is 15.9 Å². The SMILES string of the molecule is CNC(=O)CNC(=O)c1cc(C)ccc1NC. The van der Waals surface area contributed by atoms with E-state index in [1.165, 1.54) is 7.05 Å². The monoisotopic (exact) mass is 235 g/mol. The quantitative estimate of drug-likeness (QED) is 0.712. The minimum atomic E-state index is -0.262. The van der Waals surface area contributed by atoms with E-state index < -0.39 is 0 Å². The Morgan fingerprint density at radius 1 is 1.24 bits per heavy atom. The van der Waals surface area contributed by atoms with Gasteiger partial charge >= 0.3 is 0 Å². The van der Waals surface area contributed by atoms with E-state index in [-0.39, 0.29) is 18.4 Å². The summed E-state index contributed by atoms with van der Waals surface area (Å²) in [5, 5.41) is 7.95. The van der Waals surface area contributed by atoms with Gasteiger partial charge in [0.1, 0.15) is 0 Å². The number of amides is 2. The summed E-state index contributed by atoms with van der Waals surface area (Å²) in [5.74, 6) is -0.487. The molecule has 0 bridgehead atoms. The lowest BCUT2D eigenvalue weighted by Crippen LogP contribution is -2.35. The molecular formula is C12H17N3O2. The van der Waals surface area contributed by atoms with Gasteiger partial charge in [0.05, 0.1) is 12.1 Å². The Labute approximate surface area is 101 Å². The first-order valence-electron chi connectivity index (χ1n) is 5.35. The van der Waals surface area contributed by atoms with Gasteiger partial charge in [0, 0.05) is 19.8 Å². The van der Waals surface area contributed by atoms with Crippen LogP contribution in [0, 0.1) is 6.92 Å². The van der Waals surface area contributed by atoms with E-state index in [1.54, 1.807) is 13.1 Å². The Bertz CT molecular complexity index is 430. The maximum Gasteiger partial charge on any atom is 0.253 e. The van der Waals surface area contributed by atoms with E-state index in [2.05, 4.69) is 16.0 Å². The molecule has 0 aliphatic rings. The van der Waals surface area contributed by atoms with Crippen LogP contribution in [-0.2, 0) is 4.79 Å². The van der Waals surface area contributed by atoms with Crippen LogP contribution >= 0.6 is 0 Å². The maximum absolute atomic E-state index is 11.9. The van der Waals surface area contributed by atoms with Crippen molar-refractivity contribution < 1.29 is 9.59 Å². The van der Waals surface area contributed by atoms with Gasteiger partial charge in [0.25, 0.3) is 5.91 Å². The highest BCUT2D eigenvalue weighted by atomic mass is 16.2. The first-order chi connectivity index (χ1) is 8.08. The van der Waals surface area contributed by atoms with Crippen LogP contribution in [0.5, 0.6) is 0 Å². The van der Waals surface area contributed by atoms with E-state index in [4.69, 9.17) is 0 Å². The molecule has 1 aromatic carbocycles. The van der Waals surface area contributed by atoms with Crippen molar-refractivity contribution in [2.45, 2.75) is 6.92 Å². The highest BCUT2D eigenvalue weighted by Crippen LogP contribution is 2.16. The molecule has 0 fully saturated rings. The number of benzene rings is 1. The molecule has 0 spiro atoms. The van der Waals surface area contributed by atoms with Crippen molar-refractivity contribution in [3.63, 3.8) is 0 Å². The number of anilines is 1. The number of hydrogen-bond acceptors (Lipinski definition) is 3. The molecule has 3 N–H and O–H groups in total. The van der Waals surface area contributed by atoms with E-state index >= 15 is 0 Å². The molecule has 0 saturated carbocycles. The third-order valence-electron chi connectivity index (χ3n) is 2.38. The van der Waals surface area contributed by atoms with Gasteiger partial charge in [-0.05, 0) is 19.1 Å². The Hall–Kier alpha value is -2.04. The maximum atomic E-state index is 11.9. The molecule has 17 heavy (non-hydrogen) atoms. The summed E-state index contributed by atoms with van der Waals surface area (Å²) in [6.07, 6.45) is 0. The fourth-order valence-corrected chi connectivity index (χ4v) is 1.41. The zero-order valence-corrected chi connectivity index (χ0v) is 10.3. The number of hydrogen-bond donors (Lipinski definition) is 3. The van der Waals surface area contributed by atoms with Crippen LogP contribution in [-0.4, -0.2) is 32.5 Å². The van der Waals surface area contributed by atoms with Gasteiger partial charge in [-0.2, -0.15) is 0 Å². The Morgan fingerprint density at radius 3 is 2.53 bits per heavy atom. The summed E-state index contributed by atoms with van der Waals surface area (Å²) < 4.78 is 0. The van der Waals surface area contributed by atoms with Crippen molar-refractivity contribution in [2.75, 3.05) is 26.0 Å². The van der Waals surface area contributed by atoms with Gasteiger partial charge in [-0.15, -0.1) is 0 Å². The van der Waals surface area contributed by atoms with E-state index in [9.17, 15) is 9.59 Å².